The maximum atomic E-state index is 13.4. The van der Waals surface area contributed by atoms with E-state index in [2.05, 4.69) is 4.99 Å². The molecule has 1 unspecified atom stereocenters. The summed E-state index contributed by atoms with van der Waals surface area (Å²) in [5, 5.41) is 0. The summed E-state index contributed by atoms with van der Waals surface area (Å²) in [7, 11) is 1.56. The van der Waals surface area contributed by atoms with E-state index < -0.39 is 12.0 Å². The van der Waals surface area contributed by atoms with Gasteiger partial charge in [-0.05, 0) is 32.0 Å². The molecule has 0 aliphatic carbocycles. The van der Waals surface area contributed by atoms with Crippen LogP contribution in [0.3, 0.4) is 0 Å². The van der Waals surface area contributed by atoms with Crippen LogP contribution in [0.25, 0.3) is 6.08 Å². The van der Waals surface area contributed by atoms with Crippen LogP contribution in [0, 0.1) is 0 Å². The van der Waals surface area contributed by atoms with Crippen LogP contribution < -0.4 is 19.6 Å². The lowest BCUT2D eigenvalue weighted by atomic mass is 9.95. The third kappa shape index (κ3) is 3.39. The lowest BCUT2D eigenvalue weighted by Crippen LogP contribution is -2.40. The van der Waals surface area contributed by atoms with Crippen molar-refractivity contribution in [3.05, 3.63) is 84.9 Å². The molecule has 1 aromatic carbocycles. The number of ether oxygens (including phenoxy) is 2. The van der Waals surface area contributed by atoms with Gasteiger partial charge < -0.3 is 13.9 Å². The molecule has 4 rings (SSSR count). The van der Waals surface area contributed by atoms with E-state index in [1.807, 2.05) is 18.2 Å². The highest BCUT2D eigenvalue weighted by Gasteiger charge is 2.34. The number of hydrogen-bond donors (Lipinski definition) is 0. The summed E-state index contributed by atoms with van der Waals surface area (Å²) in [6, 6.07) is 10.1. The molecule has 8 heteroatoms. The average molecular weight is 424 g/mol. The van der Waals surface area contributed by atoms with E-state index in [0.29, 0.717) is 37.7 Å². The molecule has 3 heterocycles. The van der Waals surface area contributed by atoms with Crippen molar-refractivity contribution in [3.8, 4) is 5.75 Å². The molecule has 0 amide bonds. The Labute approximate surface area is 176 Å². The highest BCUT2D eigenvalue weighted by Crippen LogP contribution is 2.35. The SMILES string of the molecule is CCOC(=O)C1=C(C)N=c2s/c(=C\c3ccco3)c(=O)n2C1c1ccccc1OC. The van der Waals surface area contributed by atoms with Gasteiger partial charge in [0, 0.05) is 11.6 Å². The minimum atomic E-state index is -0.713. The Hall–Kier alpha value is -3.39. The first kappa shape index (κ1) is 19.9. The molecule has 0 spiro atoms. The second-order valence-corrected chi connectivity index (χ2v) is 7.57. The third-order valence-electron chi connectivity index (χ3n) is 4.77. The second kappa shape index (κ2) is 8.16. The van der Waals surface area contributed by atoms with Crippen molar-refractivity contribution in [2.45, 2.75) is 19.9 Å². The van der Waals surface area contributed by atoms with Crippen molar-refractivity contribution < 1.29 is 18.7 Å². The number of fused-ring (bicyclic) bond motifs is 1. The normalized spacial score (nSPS) is 16.2. The van der Waals surface area contributed by atoms with Gasteiger partial charge in [-0.3, -0.25) is 9.36 Å². The molecule has 3 aromatic rings. The zero-order chi connectivity index (χ0) is 21.3. The quantitative estimate of drug-likeness (QED) is 0.588. The molecular formula is C22H20N2O5S. The Balaban J connectivity index is 2.01. The molecule has 154 valence electrons. The lowest BCUT2D eigenvalue weighted by Gasteiger charge is -2.25. The molecule has 30 heavy (non-hydrogen) atoms. The van der Waals surface area contributed by atoms with Gasteiger partial charge in [-0.1, -0.05) is 29.5 Å². The molecule has 0 bridgehead atoms. The average Bonchev–Trinajstić information content (AvgIpc) is 3.35. The molecule has 1 atom stereocenters. The van der Waals surface area contributed by atoms with Gasteiger partial charge >= 0.3 is 5.97 Å². The summed E-state index contributed by atoms with van der Waals surface area (Å²) >= 11 is 1.24. The molecule has 1 aliphatic rings. The molecule has 1 aliphatic heterocycles. The maximum Gasteiger partial charge on any atom is 0.338 e. The fourth-order valence-corrected chi connectivity index (χ4v) is 4.51. The van der Waals surface area contributed by atoms with E-state index >= 15 is 0 Å². The number of nitrogens with zero attached hydrogens (tertiary/aromatic N) is 2. The van der Waals surface area contributed by atoms with E-state index in [-0.39, 0.29) is 12.2 Å². The number of hydrogen-bond acceptors (Lipinski definition) is 7. The topological polar surface area (TPSA) is 83.0 Å². The molecule has 0 fully saturated rings. The number of aromatic nitrogens is 1. The highest BCUT2D eigenvalue weighted by atomic mass is 32.1. The number of esters is 1. The predicted octanol–water partition coefficient (Wildman–Crippen LogP) is 2.40. The third-order valence-corrected chi connectivity index (χ3v) is 5.75. The summed E-state index contributed by atoms with van der Waals surface area (Å²) in [6.07, 6.45) is 3.22. The van der Waals surface area contributed by atoms with Gasteiger partial charge in [0.1, 0.15) is 17.6 Å². The molecule has 7 nitrogen and oxygen atoms in total. The van der Waals surface area contributed by atoms with Gasteiger partial charge in [0.15, 0.2) is 4.80 Å². The van der Waals surface area contributed by atoms with E-state index in [9.17, 15) is 9.59 Å². The summed E-state index contributed by atoms with van der Waals surface area (Å²) < 4.78 is 18.2. The van der Waals surface area contributed by atoms with Crippen LogP contribution in [0.2, 0.25) is 0 Å². The Kier molecular flexibility index (Phi) is 5.41. The fourth-order valence-electron chi connectivity index (χ4n) is 3.48. The fraction of sp³-hybridized carbons (Fsp3) is 0.227. The number of carbonyl (C=O) groups excluding carboxylic acids is 1. The minimum Gasteiger partial charge on any atom is -0.496 e. The minimum absolute atomic E-state index is 0.219. The van der Waals surface area contributed by atoms with Crippen molar-refractivity contribution in [1.29, 1.82) is 0 Å². The van der Waals surface area contributed by atoms with Crippen LogP contribution in [0.4, 0.5) is 0 Å². The van der Waals surface area contributed by atoms with Crippen LogP contribution in [0.5, 0.6) is 5.75 Å². The summed E-state index contributed by atoms with van der Waals surface area (Å²) in [5.74, 6) is 0.630. The van der Waals surface area contributed by atoms with Crippen LogP contribution in [0.1, 0.15) is 31.2 Å². The van der Waals surface area contributed by atoms with Crippen molar-refractivity contribution in [1.82, 2.24) is 4.57 Å². The number of benzene rings is 1. The van der Waals surface area contributed by atoms with Crippen molar-refractivity contribution >= 4 is 23.4 Å². The number of para-hydroxylation sites is 1. The van der Waals surface area contributed by atoms with Gasteiger partial charge in [-0.15, -0.1) is 0 Å². The van der Waals surface area contributed by atoms with E-state index in [1.54, 1.807) is 51.5 Å². The first-order chi connectivity index (χ1) is 14.5. The number of furan rings is 1. The highest BCUT2D eigenvalue weighted by molar-refractivity contribution is 7.07. The molecule has 0 radical (unpaired) electrons. The molecule has 2 aromatic heterocycles. The van der Waals surface area contributed by atoms with Crippen LogP contribution >= 0.6 is 11.3 Å². The van der Waals surface area contributed by atoms with Gasteiger partial charge in [0.2, 0.25) is 0 Å². The molecule has 0 saturated heterocycles. The van der Waals surface area contributed by atoms with Gasteiger partial charge in [0.05, 0.1) is 35.8 Å². The summed E-state index contributed by atoms with van der Waals surface area (Å²) in [6.45, 7) is 3.71. The number of rotatable bonds is 5. The first-order valence-electron chi connectivity index (χ1n) is 9.41. The number of thiazole rings is 1. The predicted molar refractivity (Wildman–Crippen MR) is 112 cm³/mol. The van der Waals surface area contributed by atoms with Crippen LogP contribution in [-0.2, 0) is 9.53 Å². The monoisotopic (exact) mass is 424 g/mol. The maximum absolute atomic E-state index is 13.4. The largest absolute Gasteiger partial charge is 0.496 e. The first-order valence-corrected chi connectivity index (χ1v) is 10.2. The van der Waals surface area contributed by atoms with Crippen molar-refractivity contribution in [3.63, 3.8) is 0 Å². The van der Waals surface area contributed by atoms with E-state index in [0.717, 1.165) is 0 Å². The second-order valence-electron chi connectivity index (χ2n) is 6.56. The number of allylic oxidation sites excluding steroid dienone is 1. The molecule has 0 saturated carbocycles. The Morgan fingerprint density at radius 1 is 1.30 bits per heavy atom. The Morgan fingerprint density at radius 3 is 2.80 bits per heavy atom. The van der Waals surface area contributed by atoms with Gasteiger partial charge in [-0.25, -0.2) is 9.79 Å². The standard InChI is InChI=1S/C22H20N2O5S/c1-4-28-21(26)18-13(2)23-22-24(19(18)15-9-5-6-10-16(15)27-3)20(25)17(30-22)12-14-8-7-11-29-14/h5-12,19H,4H2,1-3H3/b17-12-. The molecular weight excluding hydrogens is 404 g/mol. The summed E-state index contributed by atoms with van der Waals surface area (Å²) in [5.41, 5.74) is 1.25. The number of methoxy groups -OCH3 is 1. The van der Waals surface area contributed by atoms with E-state index in [4.69, 9.17) is 13.9 Å². The zero-order valence-corrected chi connectivity index (χ0v) is 17.6. The van der Waals surface area contributed by atoms with Crippen molar-refractivity contribution in [2.24, 2.45) is 4.99 Å². The van der Waals surface area contributed by atoms with Gasteiger partial charge in [-0.2, -0.15) is 0 Å². The Morgan fingerprint density at radius 2 is 2.10 bits per heavy atom. The van der Waals surface area contributed by atoms with Crippen molar-refractivity contribution in [2.75, 3.05) is 13.7 Å². The Bertz CT molecular complexity index is 1300. The summed E-state index contributed by atoms with van der Waals surface area (Å²) in [4.78, 5) is 31.3. The van der Waals surface area contributed by atoms with E-state index in [1.165, 1.54) is 15.9 Å². The molecule has 0 N–H and O–H groups in total. The van der Waals surface area contributed by atoms with Crippen LogP contribution in [-0.4, -0.2) is 24.3 Å². The number of carbonyl (C=O) groups is 1. The zero-order valence-electron chi connectivity index (χ0n) is 16.7. The lowest BCUT2D eigenvalue weighted by molar-refractivity contribution is -0.139. The smallest absolute Gasteiger partial charge is 0.338 e. The van der Waals surface area contributed by atoms with Crippen LogP contribution in [0.15, 0.2) is 68.1 Å². The van der Waals surface area contributed by atoms with Gasteiger partial charge in [0.25, 0.3) is 5.56 Å².